The highest BCUT2D eigenvalue weighted by molar-refractivity contribution is 4.73. The molecule has 1 heterocycles. The van der Waals surface area contributed by atoms with Gasteiger partial charge in [0.1, 0.15) is 0 Å². The smallest absolute Gasteiger partial charge is 0.0674 e. The third-order valence-corrected chi connectivity index (χ3v) is 3.30. The SMILES string of the molecule is CCCNCCCC(C)N1CCOC(C)C1. The van der Waals surface area contributed by atoms with Crippen LogP contribution in [0.1, 0.15) is 40.0 Å². The average molecular weight is 228 g/mol. The molecule has 0 aromatic heterocycles. The summed E-state index contributed by atoms with van der Waals surface area (Å²) in [5.41, 5.74) is 0. The quantitative estimate of drug-likeness (QED) is 0.673. The van der Waals surface area contributed by atoms with Gasteiger partial charge < -0.3 is 10.1 Å². The molecule has 0 aromatic carbocycles. The summed E-state index contributed by atoms with van der Waals surface area (Å²) >= 11 is 0. The van der Waals surface area contributed by atoms with Crippen LogP contribution in [0.15, 0.2) is 0 Å². The zero-order valence-corrected chi connectivity index (χ0v) is 11.2. The Kier molecular flexibility index (Phi) is 7.01. The van der Waals surface area contributed by atoms with Crippen LogP contribution in [-0.4, -0.2) is 49.8 Å². The predicted molar refractivity (Wildman–Crippen MR) is 68.8 cm³/mol. The van der Waals surface area contributed by atoms with Gasteiger partial charge in [0.25, 0.3) is 0 Å². The van der Waals surface area contributed by atoms with Gasteiger partial charge in [-0.2, -0.15) is 0 Å². The van der Waals surface area contributed by atoms with Crippen molar-refractivity contribution in [3.63, 3.8) is 0 Å². The third kappa shape index (κ3) is 5.28. The molecule has 3 nitrogen and oxygen atoms in total. The molecule has 1 aliphatic heterocycles. The average Bonchev–Trinajstić information content (AvgIpc) is 2.28. The monoisotopic (exact) mass is 228 g/mol. The summed E-state index contributed by atoms with van der Waals surface area (Å²) in [5, 5.41) is 3.46. The maximum Gasteiger partial charge on any atom is 0.0674 e. The van der Waals surface area contributed by atoms with Gasteiger partial charge in [-0.05, 0) is 46.2 Å². The van der Waals surface area contributed by atoms with Crippen LogP contribution < -0.4 is 5.32 Å². The van der Waals surface area contributed by atoms with Crippen molar-refractivity contribution in [1.29, 1.82) is 0 Å². The second kappa shape index (κ2) is 8.04. The topological polar surface area (TPSA) is 24.5 Å². The molecule has 2 unspecified atom stereocenters. The van der Waals surface area contributed by atoms with E-state index >= 15 is 0 Å². The summed E-state index contributed by atoms with van der Waals surface area (Å²) in [6, 6.07) is 0.703. The highest BCUT2D eigenvalue weighted by Gasteiger charge is 2.20. The van der Waals surface area contributed by atoms with Crippen LogP contribution in [0.2, 0.25) is 0 Å². The Morgan fingerprint density at radius 3 is 2.94 bits per heavy atom. The molecule has 0 radical (unpaired) electrons. The normalized spacial score (nSPS) is 24.6. The molecule has 1 saturated heterocycles. The van der Waals surface area contributed by atoms with Gasteiger partial charge in [-0.1, -0.05) is 6.92 Å². The first-order valence-corrected chi connectivity index (χ1v) is 6.80. The molecule has 0 aliphatic carbocycles. The van der Waals surface area contributed by atoms with E-state index < -0.39 is 0 Å². The van der Waals surface area contributed by atoms with Crippen LogP contribution in [-0.2, 0) is 4.74 Å². The largest absolute Gasteiger partial charge is 0.376 e. The first kappa shape index (κ1) is 13.9. The lowest BCUT2D eigenvalue weighted by atomic mass is 10.1. The molecule has 96 valence electrons. The van der Waals surface area contributed by atoms with Crippen LogP contribution in [0.3, 0.4) is 0 Å². The maximum atomic E-state index is 5.56. The maximum absolute atomic E-state index is 5.56. The minimum atomic E-state index is 0.411. The van der Waals surface area contributed by atoms with Crippen LogP contribution in [0, 0.1) is 0 Å². The van der Waals surface area contributed by atoms with Crippen LogP contribution in [0.4, 0.5) is 0 Å². The molecular weight excluding hydrogens is 200 g/mol. The van der Waals surface area contributed by atoms with E-state index in [0.29, 0.717) is 12.1 Å². The van der Waals surface area contributed by atoms with E-state index in [1.54, 1.807) is 0 Å². The summed E-state index contributed by atoms with van der Waals surface area (Å²) in [6.45, 7) is 12.2. The van der Waals surface area contributed by atoms with Crippen molar-refractivity contribution in [2.75, 3.05) is 32.8 Å². The summed E-state index contributed by atoms with van der Waals surface area (Å²) < 4.78 is 5.56. The fourth-order valence-electron chi connectivity index (χ4n) is 2.25. The number of nitrogens with one attached hydrogen (secondary N) is 1. The molecule has 0 amide bonds. The second-order valence-corrected chi connectivity index (χ2v) is 4.92. The van der Waals surface area contributed by atoms with Crippen molar-refractivity contribution in [3.8, 4) is 0 Å². The fourth-order valence-corrected chi connectivity index (χ4v) is 2.25. The summed E-state index contributed by atoms with van der Waals surface area (Å²) in [4.78, 5) is 2.56. The van der Waals surface area contributed by atoms with E-state index in [2.05, 4.69) is 31.0 Å². The van der Waals surface area contributed by atoms with Crippen molar-refractivity contribution in [2.45, 2.75) is 52.2 Å². The lowest BCUT2D eigenvalue weighted by Crippen LogP contribution is -2.45. The Morgan fingerprint density at radius 1 is 1.44 bits per heavy atom. The molecule has 0 aromatic rings. The van der Waals surface area contributed by atoms with Gasteiger partial charge in [-0.25, -0.2) is 0 Å². The van der Waals surface area contributed by atoms with Crippen molar-refractivity contribution in [1.82, 2.24) is 10.2 Å². The van der Waals surface area contributed by atoms with Gasteiger partial charge in [-0.3, -0.25) is 4.90 Å². The number of hydrogen-bond acceptors (Lipinski definition) is 3. The van der Waals surface area contributed by atoms with Gasteiger partial charge in [0.05, 0.1) is 12.7 Å². The molecule has 0 bridgehead atoms. The Hall–Kier alpha value is -0.120. The molecule has 1 fully saturated rings. The van der Waals surface area contributed by atoms with Crippen molar-refractivity contribution < 1.29 is 4.74 Å². The lowest BCUT2D eigenvalue weighted by molar-refractivity contribution is -0.0326. The zero-order chi connectivity index (χ0) is 11.8. The van der Waals surface area contributed by atoms with E-state index in [1.165, 1.54) is 19.3 Å². The van der Waals surface area contributed by atoms with Gasteiger partial charge in [0, 0.05) is 19.1 Å². The molecule has 1 rings (SSSR count). The molecule has 2 atom stereocenters. The van der Waals surface area contributed by atoms with E-state index in [-0.39, 0.29) is 0 Å². The predicted octanol–water partition coefficient (Wildman–Crippen LogP) is 1.88. The van der Waals surface area contributed by atoms with Crippen molar-refractivity contribution in [2.24, 2.45) is 0 Å². The number of hydrogen-bond donors (Lipinski definition) is 1. The number of rotatable bonds is 7. The van der Waals surface area contributed by atoms with Gasteiger partial charge in [0.15, 0.2) is 0 Å². The van der Waals surface area contributed by atoms with Gasteiger partial charge in [-0.15, -0.1) is 0 Å². The second-order valence-electron chi connectivity index (χ2n) is 4.92. The Balaban J connectivity index is 2.06. The molecule has 16 heavy (non-hydrogen) atoms. The summed E-state index contributed by atoms with van der Waals surface area (Å²) in [7, 11) is 0. The van der Waals surface area contributed by atoms with E-state index in [1.807, 2.05) is 0 Å². The van der Waals surface area contributed by atoms with E-state index in [9.17, 15) is 0 Å². The van der Waals surface area contributed by atoms with Crippen molar-refractivity contribution in [3.05, 3.63) is 0 Å². The first-order chi connectivity index (χ1) is 7.74. The summed E-state index contributed by atoms with van der Waals surface area (Å²) in [6.07, 6.45) is 4.22. The Morgan fingerprint density at radius 2 is 2.25 bits per heavy atom. The highest BCUT2D eigenvalue weighted by Crippen LogP contribution is 2.11. The van der Waals surface area contributed by atoms with Crippen LogP contribution in [0.5, 0.6) is 0 Å². The molecular formula is C13H28N2O. The molecule has 3 heteroatoms. The third-order valence-electron chi connectivity index (χ3n) is 3.30. The fraction of sp³-hybridized carbons (Fsp3) is 1.00. The molecule has 1 N–H and O–H groups in total. The minimum Gasteiger partial charge on any atom is -0.376 e. The molecule has 1 aliphatic rings. The van der Waals surface area contributed by atoms with Crippen LogP contribution in [0.25, 0.3) is 0 Å². The molecule has 0 spiro atoms. The number of morpholine rings is 1. The number of nitrogens with zero attached hydrogens (tertiary/aromatic N) is 1. The standard InChI is InChI=1S/C13H28N2O/c1-4-7-14-8-5-6-12(2)15-9-10-16-13(3)11-15/h12-14H,4-11H2,1-3H3. The van der Waals surface area contributed by atoms with E-state index in [0.717, 1.165) is 32.8 Å². The van der Waals surface area contributed by atoms with E-state index in [4.69, 9.17) is 4.74 Å². The Labute approximate surface area is 101 Å². The highest BCUT2D eigenvalue weighted by atomic mass is 16.5. The first-order valence-electron chi connectivity index (χ1n) is 6.80. The summed E-state index contributed by atoms with van der Waals surface area (Å²) in [5.74, 6) is 0. The number of ether oxygens (including phenoxy) is 1. The Bertz CT molecular complexity index is 175. The zero-order valence-electron chi connectivity index (χ0n) is 11.2. The molecule has 0 saturated carbocycles. The van der Waals surface area contributed by atoms with Crippen molar-refractivity contribution >= 4 is 0 Å². The lowest BCUT2D eigenvalue weighted by Gasteiger charge is -2.35. The van der Waals surface area contributed by atoms with Gasteiger partial charge >= 0.3 is 0 Å². The van der Waals surface area contributed by atoms with Gasteiger partial charge in [0.2, 0.25) is 0 Å². The minimum absolute atomic E-state index is 0.411. The van der Waals surface area contributed by atoms with Crippen LogP contribution >= 0.6 is 0 Å².